The minimum absolute atomic E-state index is 0.0790. The average Bonchev–Trinajstić information content (AvgIpc) is 2.68. The van der Waals surface area contributed by atoms with Crippen molar-refractivity contribution in [1.29, 1.82) is 0 Å². The van der Waals surface area contributed by atoms with Crippen LogP contribution in [0.15, 0.2) is 52.4 Å². The van der Waals surface area contributed by atoms with E-state index in [0.717, 1.165) is 23.2 Å². The normalized spacial score (nSPS) is 14.1. The summed E-state index contributed by atoms with van der Waals surface area (Å²) < 4.78 is 5.28. The molecule has 156 valence electrons. The van der Waals surface area contributed by atoms with Crippen molar-refractivity contribution in [3.05, 3.63) is 69.7 Å². The number of nitrogens with zero attached hydrogens (tertiary/aromatic N) is 2. The van der Waals surface area contributed by atoms with E-state index in [9.17, 15) is 0 Å². The second-order valence-electron chi connectivity index (χ2n) is 8.18. The lowest BCUT2D eigenvalue weighted by Gasteiger charge is -2.21. The number of aliphatic imine (C=N–C) groups is 2. The minimum Gasteiger partial charge on any atom is -0.484 e. The Bertz CT molecular complexity index is 897. The van der Waals surface area contributed by atoms with E-state index >= 15 is 0 Å². The molecule has 2 rings (SSSR count). The van der Waals surface area contributed by atoms with Crippen molar-refractivity contribution >= 4 is 23.3 Å². The van der Waals surface area contributed by atoms with Gasteiger partial charge in [-0.3, -0.25) is 4.99 Å². The Morgan fingerprint density at radius 3 is 2.52 bits per heavy atom. The number of halogens is 1. The molecule has 0 fully saturated rings. The molecular formula is C24H32ClN3O. The van der Waals surface area contributed by atoms with Gasteiger partial charge in [-0.1, -0.05) is 62.7 Å². The van der Waals surface area contributed by atoms with E-state index in [4.69, 9.17) is 21.3 Å². The van der Waals surface area contributed by atoms with Crippen LogP contribution < -0.4 is 5.32 Å². The van der Waals surface area contributed by atoms with Crippen LogP contribution in [0.5, 0.6) is 0 Å². The summed E-state index contributed by atoms with van der Waals surface area (Å²) in [7, 11) is 3.52. The maximum atomic E-state index is 6.52. The molecule has 0 bridgehead atoms. The molecule has 5 heteroatoms. The standard InChI is InChI=1S/C24H32ClN3O/c1-16(19-9-8-10-20(14-19)24(3,4)5)27-23(28-17(2)29-7)21-13-18(15-26-6)11-12-22(21)25/h8-14,16,26H,15H2,1-7H3. The number of hydrogen-bond acceptors (Lipinski definition) is 3. The molecule has 1 atom stereocenters. The molecule has 1 N–H and O–H groups in total. The Kier molecular flexibility index (Phi) is 8.00. The Balaban J connectivity index is 2.53. The van der Waals surface area contributed by atoms with Crippen molar-refractivity contribution in [3.8, 4) is 0 Å². The maximum Gasteiger partial charge on any atom is 0.186 e. The topological polar surface area (TPSA) is 46.0 Å². The van der Waals surface area contributed by atoms with Gasteiger partial charge in [0.2, 0.25) is 0 Å². The second-order valence-corrected chi connectivity index (χ2v) is 8.59. The molecule has 2 aromatic carbocycles. The summed E-state index contributed by atoms with van der Waals surface area (Å²) in [6, 6.07) is 14.4. The molecule has 0 heterocycles. The van der Waals surface area contributed by atoms with E-state index in [1.807, 2.05) is 32.2 Å². The van der Waals surface area contributed by atoms with Crippen molar-refractivity contribution in [1.82, 2.24) is 5.32 Å². The van der Waals surface area contributed by atoms with Gasteiger partial charge in [-0.15, -0.1) is 0 Å². The van der Waals surface area contributed by atoms with Gasteiger partial charge in [0, 0.05) is 19.0 Å². The van der Waals surface area contributed by atoms with Gasteiger partial charge in [0.05, 0.1) is 18.2 Å². The highest BCUT2D eigenvalue weighted by molar-refractivity contribution is 6.34. The highest BCUT2D eigenvalue weighted by Gasteiger charge is 2.17. The van der Waals surface area contributed by atoms with Gasteiger partial charge in [-0.05, 0) is 48.2 Å². The molecule has 29 heavy (non-hydrogen) atoms. The Morgan fingerprint density at radius 2 is 1.90 bits per heavy atom. The van der Waals surface area contributed by atoms with Crippen LogP contribution >= 0.6 is 11.6 Å². The lowest BCUT2D eigenvalue weighted by molar-refractivity contribution is 0.401. The molecule has 0 saturated carbocycles. The molecule has 0 aromatic heterocycles. The zero-order valence-electron chi connectivity index (χ0n) is 18.5. The molecule has 0 amide bonds. The Labute approximate surface area is 180 Å². The van der Waals surface area contributed by atoms with Gasteiger partial charge in [-0.2, -0.15) is 4.99 Å². The van der Waals surface area contributed by atoms with Crippen molar-refractivity contribution in [2.45, 2.75) is 52.6 Å². The van der Waals surface area contributed by atoms with Gasteiger partial charge >= 0.3 is 0 Å². The summed E-state index contributed by atoms with van der Waals surface area (Å²) in [5.74, 6) is 1.11. The van der Waals surface area contributed by atoms with Crippen LogP contribution in [-0.4, -0.2) is 25.9 Å². The van der Waals surface area contributed by atoms with Crippen LogP contribution in [0.3, 0.4) is 0 Å². The molecule has 2 aromatic rings. The average molecular weight is 414 g/mol. The van der Waals surface area contributed by atoms with E-state index < -0.39 is 0 Å². The van der Waals surface area contributed by atoms with Crippen molar-refractivity contribution < 1.29 is 4.74 Å². The van der Waals surface area contributed by atoms with Gasteiger partial charge in [0.25, 0.3) is 0 Å². The zero-order chi connectivity index (χ0) is 21.6. The smallest absolute Gasteiger partial charge is 0.186 e. The molecule has 1 unspecified atom stereocenters. The highest BCUT2D eigenvalue weighted by atomic mass is 35.5. The number of hydrogen-bond donors (Lipinski definition) is 1. The van der Waals surface area contributed by atoms with Crippen LogP contribution in [0.1, 0.15) is 62.9 Å². The van der Waals surface area contributed by atoms with Gasteiger partial charge < -0.3 is 10.1 Å². The third-order valence-corrected chi connectivity index (χ3v) is 5.09. The third-order valence-electron chi connectivity index (χ3n) is 4.76. The Hall–Kier alpha value is -2.17. The van der Waals surface area contributed by atoms with E-state index in [1.165, 1.54) is 5.56 Å². The highest BCUT2D eigenvalue weighted by Crippen LogP contribution is 2.28. The van der Waals surface area contributed by atoms with E-state index in [0.29, 0.717) is 16.8 Å². The van der Waals surface area contributed by atoms with Crippen molar-refractivity contribution in [2.24, 2.45) is 9.98 Å². The van der Waals surface area contributed by atoms with Gasteiger partial charge in [-0.25, -0.2) is 0 Å². The Morgan fingerprint density at radius 1 is 1.17 bits per heavy atom. The first-order valence-corrected chi connectivity index (χ1v) is 10.2. The first-order valence-electron chi connectivity index (χ1n) is 9.86. The van der Waals surface area contributed by atoms with Crippen LogP contribution in [0.4, 0.5) is 0 Å². The molecule has 0 radical (unpaired) electrons. The summed E-state index contributed by atoms with van der Waals surface area (Å²) >= 11 is 6.52. The van der Waals surface area contributed by atoms with Crippen molar-refractivity contribution in [3.63, 3.8) is 0 Å². The first-order chi connectivity index (χ1) is 13.7. The van der Waals surface area contributed by atoms with Crippen LogP contribution in [-0.2, 0) is 16.7 Å². The summed E-state index contributed by atoms with van der Waals surface area (Å²) in [6.07, 6.45) is 0. The number of amidine groups is 1. The molecule has 0 saturated heterocycles. The summed E-state index contributed by atoms with van der Waals surface area (Å²) in [5.41, 5.74) is 4.42. The number of benzene rings is 2. The fourth-order valence-corrected chi connectivity index (χ4v) is 3.14. The fourth-order valence-electron chi connectivity index (χ4n) is 2.93. The molecular weight excluding hydrogens is 382 g/mol. The van der Waals surface area contributed by atoms with E-state index in [1.54, 1.807) is 7.11 Å². The lowest BCUT2D eigenvalue weighted by Crippen LogP contribution is -2.12. The van der Waals surface area contributed by atoms with Gasteiger partial charge in [0.1, 0.15) is 0 Å². The molecule has 0 spiro atoms. The number of ether oxygens (including phenoxy) is 1. The van der Waals surface area contributed by atoms with Crippen LogP contribution in [0, 0.1) is 0 Å². The van der Waals surface area contributed by atoms with E-state index in [-0.39, 0.29) is 11.5 Å². The molecule has 0 aliphatic carbocycles. The quantitative estimate of drug-likeness (QED) is 0.487. The minimum atomic E-state index is -0.0790. The maximum absolute atomic E-state index is 6.52. The number of methoxy groups -OCH3 is 1. The molecule has 0 aliphatic heterocycles. The first kappa shape index (κ1) is 23.1. The monoisotopic (exact) mass is 413 g/mol. The summed E-state index contributed by atoms with van der Waals surface area (Å²) in [4.78, 5) is 9.54. The number of nitrogens with one attached hydrogen (secondary N) is 1. The summed E-state index contributed by atoms with van der Waals surface area (Å²) in [5, 5.41) is 3.78. The predicted molar refractivity (Wildman–Crippen MR) is 124 cm³/mol. The van der Waals surface area contributed by atoms with Crippen LogP contribution in [0.25, 0.3) is 0 Å². The predicted octanol–water partition coefficient (Wildman–Crippen LogP) is 5.93. The van der Waals surface area contributed by atoms with Gasteiger partial charge in [0.15, 0.2) is 11.7 Å². The molecule has 0 aliphatic rings. The third kappa shape index (κ3) is 6.41. The zero-order valence-corrected chi connectivity index (χ0v) is 19.3. The van der Waals surface area contributed by atoms with Crippen molar-refractivity contribution in [2.75, 3.05) is 14.2 Å². The van der Waals surface area contributed by atoms with Crippen LogP contribution in [0.2, 0.25) is 5.02 Å². The lowest BCUT2D eigenvalue weighted by atomic mass is 9.85. The summed E-state index contributed by atoms with van der Waals surface area (Å²) in [6.45, 7) is 11.3. The fraction of sp³-hybridized carbons (Fsp3) is 0.417. The van der Waals surface area contributed by atoms with E-state index in [2.05, 4.69) is 62.3 Å². The largest absolute Gasteiger partial charge is 0.484 e. The second kappa shape index (κ2) is 10.0. The molecule has 4 nitrogen and oxygen atoms in total. The SMILES string of the molecule is CNCc1ccc(Cl)c(C(N=C(C)OC)=NC(C)c2cccc(C(C)(C)C)c2)c1. The number of rotatable bonds is 5.